The molecule has 0 saturated heterocycles. The molecule has 1 heterocycles. The van der Waals surface area contributed by atoms with Gasteiger partial charge in [0, 0.05) is 12.2 Å². The maximum Gasteiger partial charge on any atom is 0.204 e. The van der Waals surface area contributed by atoms with E-state index in [0.29, 0.717) is 17.0 Å². The van der Waals surface area contributed by atoms with Gasteiger partial charge in [-0.05, 0) is 53.6 Å². The topological polar surface area (TPSA) is 107 Å². The van der Waals surface area contributed by atoms with Crippen LogP contribution in [0.1, 0.15) is 12.0 Å². The van der Waals surface area contributed by atoms with Crippen molar-refractivity contribution in [2.45, 2.75) is 17.9 Å². The number of benzene rings is 2. The van der Waals surface area contributed by atoms with Crippen molar-refractivity contribution < 1.29 is 22.7 Å². The molecule has 0 aliphatic heterocycles. The molecule has 0 aliphatic carbocycles. The second kappa shape index (κ2) is 8.44. The van der Waals surface area contributed by atoms with Gasteiger partial charge in [0.1, 0.15) is 0 Å². The number of rotatable bonds is 8. The minimum Gasteiger partial charge on any atom is -0.494 e. The molecule has 0 atom stereocenters. The van der Waals surface area contributed by atoms with E-state index in [1.807, 2.05) is 0 Å². The lowest BCUT2D eigenvalue weighted by Crippen LogP contribution is -2.08. The van der Waals surface area contributed by atoms with Crippen molar-refractivity contribution in [1.82, 2.24) is 20.2 Å². The predicted octanol–water partition coefficient (Wildman–Crippen LogP) is 1.69. The fourth-order valence-corrected chi connectivity index (χ4v) is 3.88. The van der Waals surface area contributed by atoms with E-state index in [1.165, 1.54) is 36.2 Å². The molecule has 3 rings (SSSR count). The second-order valence-electron chi connectivity index (χ2n) is 6.03. The molecule has 148 valence electrons. The Balaban J connectivity index is 1.74. The highest BCUT2D eigenvalue weighted by atomic mass is 32.2. The van der Waals surface area contributed by atoms with Crippen molar-refractivity contribution in [2.24, 2.45) is 0 Å². The van der Waals surface area contributed by atoms with E-state index in [4.69, 9.17) is 9.84 Å². The molecular weight excluding hydrogens is 387 g/mol. The Bertz CT molecular complexity index is 1050. The Morgan fingerprint density at radius 3 is 2.57 bits per heavy atom. The van der Waals surface area contributed by atoms with Crippen molar-refractivity contribution in [3.63, 3.8) is 0 Å². The second-order valence-corrected chi connectivity index (χ2v) is 8.14. The molecule has 0 radical (unpaired) electrons. The van der Waals surface area contributed by atoms with Crippen molar-refractivity contribution in [2.75, 3.05) is 19.5 Å². The molecule has 1 aromatic heterocycles. The quantitative estimate of drug-likeness (QED) is 0.607. The maximum atomic E-state index is 13.8. The summed E-state index contributed by atoms with van der Waals surface area (Å²) in [5.74, 6) is -0.105. The number of aliphatic hydroxyl groups is 1. The Kier molecular flexibility index (Phi) is 6.00. The molecule has 10 heteroatoms. The number of ether oxygens (including phenoxy) is 1. The molecule has 2 aromatic carbocycles. The van der Waals surface area contributed by atoms with Crippen LogP contribution in [0.2, 0.25) is 0 Å². The molecule has 28 heavy (non-hydrogen) atoms. The average Bonchev–Trinajstić information content (AvgIpc) is 3.15. The summed E-state index contributed by atoms with van der Waals surface area (Å²) >= 11 is 0. The molecule has 1 N–H and O–H groups in total. The van der Waals surface area contributed by atoms with Gasteiger partial charge in [0.25, 0.3) is 0 Å². The summed E-state index contributed by atoms with van der Waals surface area (Å²) in [5.41, 5.74) is 1.25. The van der Waals surface area contributed by atoms with Crippen molar-refractivity contribution in [3.05, 3.63) is 53.8 Å². The standard InChI is InChI=1S/C18H19FN4O4S/c1-27-17-8-3-13(11-16(17)19)12-23-21-18(20-22-23)14-4-6-15(7-5-14)28(25,26)10-2-9-24/h3-8,11,24H,2,9-10,12H2,1H3. The number of tetrazole rings is 1. The van der Waals surface area contributed by atoms with E-state index in [2.05, 4.69) is 15.4 Å². The zero-order chi connectivity index (χ0) is 20.1. The fourth-order valence-electron chi connectivity index (χ4n) is 2.58. The van der Waals surface area contributed by atoms with E-state index in [1.54, 1.807) is 18.2 Å². The highest BCUT2D eigenvalue weighted by Gasteiger charge is 2.15. The van der Waals surface area contributed by atoms with E-state index >= 15 is 0 Å². The molecule has 3 aromatic rings. The van der Waals surface area contributed by atoms with Crippen LogP contribution >= 0.6 is 0 Å². The Hall–Kier alpha value is -2.85. The Morgan fingerprint density at radius 1 is 1.18 bits per heavy atom. The first-order valence-electron chi connectivity index (χ1n) is 8.47. The van der Waals surface area contributed by atoms with Crippen molar-refractivity contribution >= 4 is 9.84 Å². The first-order valence-corrected chi connectivity index (χ1v) is 10.1. The lowest BCUT2D eigenvalue weighted by molar-refractivity contribution is 0.295. The number of halogens is 1. The molecule has 0 saturated carbocycles. The third-order valence-corrected chi connectivity index (χ3v) is 5.85. The Morgan fingerprint density at radius 2 is 1.93 bits per heavy atom. The average molecular weight is 406 g/mol. The summed E-state index contributed by atoms with van der Waals surface area (Å²) in [6.07, 6.45) is 0.186. The summed E-state index contributed by atoms with van der Waals surface area (Å²) in [5, 5.41) is 21.0. The first kappa shape index (κ1) is 19.9. The van der Waals surface area contributed by atoms with E-state index in [0.717, 1.165) is 0 Å². The first-order chi connectivity index (χ1) is 13.4. The molecule has 0 aliphatic rings. The molecular formula is C18H19FN4O4S. The van der Waals surface area contributed by atoms with Gasteiger partial charge in [-0.25, -0.2) is 12.8 Å². The Labute approximate surface area is 161 Å². The van der Waals surface area contributed by atoms with E-state index in [-0.39, 0.29) is 36.0 Å². The minimum atomic E-state index is -3.43. The number of aromatic nitrogens is 4. The van der Waals surface area contributed by atoms with Crippen LogP contribution in [-0.2, 0) is 16.4 Å². The predicted molar refractivity (Wildman–Crippen MR) is 99.1 cm³/mol. The van der Waals surface area contributed by atoms with Gasteiger partial charge in [0.15, 0.2) is 21.4 Å². The SMILES string of the molecule is COc1ccc(Cn2nnc(-c3ccc(S(=O)(=O)CCCO)cc3)n2)cc1F. The molecule has 8 nitrogen and oxygen atoms in total. The summed E-state index contributed by atoms with van der Waals surface area (Å²) < 4.78 is 42.9. The molecule has 0 unspecified atom stereocenters. The van der Waals surface area contributed by atoms with Gasteiger partial charge < -0.3 is 9.84 Å². The number of nitrogens with zero attached hydrogens (tertiary/aromatic N) is 4. The van der Waals surface area contributed by atoms with Crippen LogP contribution in [-0.4, -0.2) is 53.2 Å². The minimum absolute atomic E-state index is 0.115. The molecule has 0 fully saturated rings. The van der Waals surface area contributed by atoms with Gasteiger partial charge in [-0.1, -0.05) is 6.07 Å². The lowest BCUT2D eigenvalue weighted by Gasteiger charge is -2.04. The smallest absolute Gasteiger partial charge is 0.204 e. The number of aliphatic hydroxyl groups excluding tert-OH is 1. The summed E-state index contributed by atoms with van der Waals surface area (Å²) in [6.45, 7) is 0.0456. The molecule has 0 amide bonds. The number of sulfone groups is 1. The maximum absolute atomic E-state index is 13.8. The van der Waals surface area contributed by atoms with Crippen LogP contribution in [0.15, 0.2) is 47.4 Å². The van der Waals surface area contributed by atoms with Crippen LogP contribution in [0, 0.1) is 5.82 Å². The number of hydrogen-bond acceptors (Lipinski definition) is 7. The molecule has 0 spiro atoms. The summed E-state index contributed by atoms with van der Waals surface area (Å²) in [7, 11) is -2.04. The van der Waals surface area contributed by atoms with Gasteiger partial charge in [-0.15, -0.1) is 10.2 Å². The van der Waals surface area contributed by atoms with Gasteiger partial charge >= 0.3 is 0 Å². The zero-order valence-electron chi connectivity index (χ0n) is 15.1. The lowest BCUT2D eigenvalue weighted by atomic mass is 10.2. The normalized spacial score (nSPS) is 11.5. The highest BCUT2D eigenvalue weighted by Crippen LogP contribution is 2.20. The highest BCUT2D eigenvalue weighted by molar-refractivity contribution is 7.91. The van der Waals surface area contributed by atoms with Crippen molar-refractivity contribution in [3.8, 4) is 17.1 Å². The van der Waals surface area contributed by atoms with Gasteiger partial charge in [-0.3, -0.25) is 0 Å². The monoisotopic (exact) mass is 406 g/mol. The summed E-state index contributed by atoms with van der Waals surface area (Å²) in [6, 6.07) is 10.7. The van der Waals surface area contributed by atoms with Crippen LogP contribution in [0.5, 0.6) is 5.75 Å². The summed E-state index contributed by atoms with van der Waals surface area (Å²) in [4.78, 5) is 1.49. The third kappa shape index (κ3) is 4.52. The molecule has 0 bridgehead atoms. The van der Waals surface area contributed by atoms with Gasteiger partial charge in [-0.2, -0.15) is 4.80 Å². The number of hydrogen-bond donors (Lipinski definition) is 1. The van der Waals surface area contributed by atoms with Crippen LogP contribution in [0.3, 0.4) is 0 Å². The zero-order valence-corrected chi connectivity index (χ0v) is 15.9. The van der Waals surface area contributed by atoms with Gasteiger partial charge in [0.2, 0.25) is 5.82 Å². The number of methoxy groups -OCH3 is 1. The van der Waals surface area contributed by atoms with E-state index < -0.39 is 15.7 Å². The van der Waals surface area contributed by atoms with Crippen LogP contribution in [0.25, 0.3) is 11.4 Å². The van der Waals surface area contributed by atoms with Crippen LogP contribution < -0.4 is 4.74 Å². The van der Waals surface area contributed by atoms with Crippen molar-refractivity contribution in [1.29, 1.82) is 0 Å². The largest absolute Gasteiger partial charge is 0.494 e. The van der Waals surface area contributed by atoms with Crippen LogP contribution in [0.4, 0.5) is 4.39 Å². The third-order valence-electron chi connectivity index (χ3n) is 4.04. The van der Waals surface area contributed by atoms with Gasteiger partial charge in [0.05, 0.1) is 24.3 Å². The fraction of sp³-hybridized carbons (Fsp3) is 0.278. The van der Waals surface area contributed by atoms with E-state index in [9.17, 15) is 12.8 Å².